The van der Waals surface area contributed by atoms with E-state index >= 15 is 0 Å². The molecule has 2 heterocycles. The van der Waals surface area contributed by atoms with Gasteiger partial charge in [0.15, 0.2) is 0 Å². The van der Waals surface area contributed by atoms with E-state index in [1.165, 1.54) is 37.3 Å². The Bertz CT molecular complexity index is 931. The lowest BCUT2D eigenvalue weighted by Crippen LogP contribution is -2.26. The molecule has 0 bridgehead atoms. The fourth-order valence-corrected chi connectivity index (χ4v) is 4.19. The number of unbranched alkanes of at least 4 members (excludes halogenated alkanes) is 1. The highest BCUT2D eigenvalue weighted by atomic mass is 16.5. The average molecular weight is 394 g/mol. The number of rotatable bonds is 9. The Morgan fingerprint density at radius 3 is 2.62 bits per heavy atom. The van der Waals surface area contributed by atoms with E-state index in [9.17, 15) is 0 Å². The van der Waals surface area contributed by atoms with E-state index in [4.69, 9.17) is 14.5 Å². The molecule has 1 saturated heterocycles. The van der Waals surface area contributed by atoms with Crippen molar-refractivity contribution in [3.05, 3.63) is 54.4 Å². The van der Waals surface area contributed by atoms with Gasteiger partial charge in [-0.15, -0.1) is 0 Å². The molecule has 0 spiro atoms. The predicted octanol–water partition coefficient (Wildman–Crippen LogP) is 5.06. The van der Waals surface area contributed by atoms with Crippen LogP contribution in [0.1, 0.15) is 44.5 Å². The first-order valence-corrected chi connectivity index (χ1v) is 10.7. The fraction of sp³-hybridized carbons (Fsp3) is 0.458. The van der Waals surface area contributed by atoms with Gasteiger partial charge in [0.2, 0.25) is 0 Å². The van der Waals surface area contributed by atoms with Crippen molar-refractivity contribution in [1.29, 1.82) is 0 Å². The lowest BCUT2D eigenvalue weighted by atomic mass is 10.2. The summed E-state index contributed by atoms with van der Waals surface area (Å²) in [4.78, 5) is 7.56. The molecule has 0 N–H and O–H groups in total. The molecule has 5 heteroatoms. The normalized spacial score (nSPS) is 15.7. The van der Waals surface area contributed by atoms with Crippen molar-refractivity contribution in [2.75, 3.05) is 26.8 Å². The maximum absolute atomic E-state index is 5.90. The monoisotopic (exact) mass is 393 g/mol. The first-order valence-electron chi connectivity index (χ1n) is 10.7. The molecule has 2 aromatic carbocycles. The molecule has 1 fully saturated rings. The van der Waals surface area contributed by atoms with E-state index in [2.05, 4.69) is 40.7 Å². The highest BCUT2D eigenvalue weighted by Gasteiger charge is 2.24. The van der Waals surface area contributed by atoms with E-state index in [0.29, 0.717) is 12.6 Å². The van der Waals surface area contributed by atoms with Crippen LogP contribution in [0.2, 0.25) is 0 Å². The van der Waals surface area contributed by atoms with Crippen molar-refractivity contribution in [2.24, 2.45) is 0 Å². The van der Waals surface area contributed by atoms with Gasteiger partial charge in [-0.2, -0.15) is 0 Å². The molecule has 1 atom stereocenters. The van der Waals surface area contributed by atoms with Gasteiger partial charge in [0.25, 0.3) is 0 Å². The summed E-state index contributed by atoms with van der Waals surface area (Å²) in [6.07, 6.45) is 4.66. The molecule has 29 heavy (non-hydrogen) atoms. The van der Waals surface area contributed by atoms with E-state index in [-0.39, 0.29) is 0 Å². The van der Waals surface area contributed by atoms with Crippen molar-refractivity contribution < 1.29 is 9.47 Å². The SMILES string of the molecule is COc1cccc(OCCCCn2c(C(C)N3CCCC3)nc3ccccc32)c1. The van der Waals surface area contributed by atoms with Crippen LogP contribution in [-0.2, 0) is 6.54 Å². The van der Waals surface area contributed by atoms with Gasteiger partial charge < -0.3 is 14.0 Å². The first-order chi connectivity index (χ1) is 14.3. The van der Waals surface area contributed by atoms with Crippen LogP contribution in [-0.4, -0.2) is 41.3 Å². The maximum atomic E-state index is 5.90. The summed E-state index contributed by atoms with van der Waals surface area (Å²) in [7, 11) is 1.68. The molecule has 5 nitrogen and oxygen atoms in total. The zero-order chi connectivity index (χ0) is 20.1. The van der Waals surface area contributed by atoms with E-state index in [0.717, 1.165) is 36.4 Å². The molecular formula is C24H31N3O2. The Morgan fingerprint density at radius 2 is 1.79 bits per heavy atom. The van der Waals surface area contributed by atoms with Gasteiger partial charge in [-0.25, -0.2) is 4.98 Å². The minimum atomic E-state index is 0.359. The Hall–Kier alpha value is -2.53. The maximum Gasteiger partial charge on any atom is 0.127 e. The van der Waals surface area contributed by atoms with Crippen LogP contribution >= 0.6 is 0 Å². The number of likely N-dealkylation sites (tertiary alicyclic amines) is 1. The molecular weight excluding hydrogens is 362 g/mol. The molecule has 1 aliphatic heterocycles. The second kappa shape index (κ2) is 9.31. The summed E-state index contributed by atoms with van der Waals surface area (Å²) in [5.41, 5.74) is 2.34. The smallest absolute Gasteiger partial charge is 0.127 e. The van der Waals surface area contributed by atoms with Crippen LogP contribution in [0.5, 0.6) is 11.5 Å². The quantitative estimate of drug-likeness (QED) is 0.476. The lowest BCUT2D eigenvalue weighted by molar-refractivity contribution is 0.247. The van der Waals surface area contributed by atoms with Crippen LogP contribution in [0.25, 0.3) is 11.0 Å². The fourth-order valence-electron chi connectivity index (χ4n) is 4.19. The molecule has 0 radical (unpaired) electrons. The molecule has 154 valence electrons. The second-order valence-electron chi connectivity index (χ2n) is 7.76. The highest BCUT2D eigenvalue weighted by Crippen LogP contribution is 2.28. The van der Waals surface area contributed by atoms with E-state index in [1.54, 1.807) is 7.11 Å². The number of benzene rings is 2. The van der Waals surface area contributed by atoms with E-state index in [1.807, 2.05) is 24.3 Å². The van der Waals surface area contributed by atoms with Gasteiger partial charge in [-0.1, -0.05) is 18.2 Å². The molecule has 1 aromatic heterocycles. The number of methoxy groups -OCH3 is 1. The number of aryl methyl sites for hydroxylation is 1. The van der Waals surface area contributed by atoms with Gasteiger partial charge in [0, 0.05) is 12.6 Å². The number of ether oxygens (including phenoxy) is 2. The standard InChI is InChI=1S/C24H31N3O2/c1-19(26-14-5-6-15-26)24-25-22-12-3-4-13-23(22)27(24)16-7-8-17-29-21-11-9-10-20(18-21)28-2/h3-4,9-13,18-19H,5-8,14-17H2,1-2H3. The average Bonchev–Trinajstić information content (AvgIpc) is 3.42. The third-order valence-electron chi connectivity index (χ3n) is 5.83. The Balaban J connectivity index is 1.39. The van der Waals surface area contributed by atoms with Gasteiger partial charge in [-0.05, 0) is 70.0 Å². The number of nitrogens with zero attached hydrogens (tertiary/aromatic N) is 3. The van der Waals surface area contributed by atoms with Crippen molar-refractivity contribution in [3.8, 4) is 11.5 Å². The van der Waals surface area contributed by atoms with Crippen LogP contribution in [0.3, 0.4) is 0 Å². The molecule has 0 amide bonds. The van der Waals surface area contributed by atoms with Gasteiger partial charge in [0.05, 0.1) is 30.8 Å². The number of fused-ring (bicyclic) bond motifs is 1. The Morgan fingerprint density at radius 1 is 1.00 bits per heavy atom. The van der Waals surface area contributed by atoms with Gasteiger partial charge in [-0.3, -0.25) is 4.90 Å². The molecule has 3 aromatic rings. The summed E-state index contributed by atoms with van der Waals surface area (Å²) in [6.45, 7) is 6.33. The Kier molecular flexibility index (Phi) is 6.35. The van der Waals surface area contributed by atoms with Crippen LogP contribution in [0.15, 0.2) is 48.5 Å². The van der Waals surface area contributed by atoms with Crippen molar-refractivity contribution >= 4 is 11.0 Å². The predicted molar refractivity (Wildman–Crippen MR) is 117 cm³/mol. The summed E-state index contributed by atoms with van der Waals surface area (Å²) >= 11 is 0. The molecule has 1 aliphatic rings. The second-order valence-corrected chi connectivity index (χ2v) is 7.76. The highest BCUT2D eigenvalue weighted by molar-refractivity contribution is 5.76. The number of para-hydroxylation sites is 2. The molecule has 4 rings (SSSR count). The van der Waals surface area contributed by atoms with Crippen molar-refractivity contribution in [1.82, 2.24) is 14.5 Å². The molecule has 0 aliphatic carbocycles. The largest absolute Gasteiger partial charge is 0.497 e. The zero-order valence-electron chi connectivity index (χ0n) is 17.5. The van der Waals surface area contributed by atoms with Gasteiger partial charge >= 0.3 is 0 Å². The van der Waals surface area contributed by atoms with Crippen LogP contribution in [0.4, 0.5) is 0 Å². The molecule has 0 saturated carbocycles. The van der Waals surface area contributed by atoms with E-state index < -0.39 is 0 Å². The minimum absolute atomic E-state index is 0.359. The summed E-state index contributed by atoms with van der Waals surface area (Å²) in [5.74, 6) is 2.88. The van der Waals surface area contributed by atoms with Crippen molar-refractivity contribution in [3.63, 3.8) is 0 Å². The molecule has 1 unspecified atom stereocenters. The number of hydrogen-bond donors (Lipinski definition) is 0. The third kappa shape index (κ3) is 4.56. The van der Waals surface area contributed by atoms with Crippen molar-refractivity contribution in [2.45, 2.75) is 45.2 Å². The number of aromatic nitrogens is 2. The van der Waals surface area contributed by atoms with Crippen LogP contribution < -0.4 is 9.47 Å². The van der Waals surface area contributed by atoms with Crippen LogP contribution in [0, 0.1) is 0 Å². The summed E-state index contributed by atoms with van der Waals surface area (Å²) in [5, 5.41) is 0. The zero-order valence-corrected chi connectivity index (χ0v) is 17.5. The minimum Gasteiger partial charge on any atom is -0.497 e. The third-order valence-corrected chi connectivity index (χ3v) is 5.83. The lowest BCUT2D eigenvalue weighted by Gasteiger charge is -2.24. The number of hydrogen-bond acceptors (Lipinski definition) is 4. The van der Waals surface area contributed by atoms with Gasteiger partial charge in [0.1, 0.15) is 17.3 Å². The Labute approximate surface area is 173 Å². The first kappa shape index (κ1) is 19.8. The summed E-state index contributed by atoms with van der Waals surface area (Å²) in [6, 6.07) is 16.6. The topological polar surface area (TPSA) is 39.5 Å². The number of imidazole rings is 1. The summed E-state index contributed by atoms with van der Waals surface area (Å²) < 4.78 is 13.6.